The van der Waals surface area contributed by atoms with Crippen LogP contribution in [-0.4, -0.2) is 40.9 Å². The monoisotopic (exact) mass is 430 g/mol. The van der Waals surface area contributed by atoms with E-state index in [9.17, 15) is 18.5 Å². The Morgan fingerprint density at radius 3 is 2.43 bits per heavy atom. The number of rotatable bonds is 6. The third-order valence-electron chi connectivity index (χ3n) is 4.69. The Hall–Kier alpha value is -3.31. The minimum atomic E-state index is -3.92. The molecule has 0 aliphatic carbocycles. The van der Waals surface area contributed by atoms with Crippen molar-refractivity contribution in [3.05, 3.63) is 58.5 Å². The van der Waals surface area contributed by atoms with Gasteiger partial charge in [0.1, 0.15) is 16.4 Å². The van der Waals surface area contributed by atoms with Crippen molar-refractivity contribution in [2.45, 2.75) is 24.7 Å². The maximum atomic E-state index is 13.1. The lowest BCUT2D eigenvalue weighted by Crippen LogP contribution is -2.28. The van der Waals surface area contributed by atoms with E-state index in [0.29, 0.717) is 36.1 Å². The van der Waals surface area contributed by atoms with E-state index in [4.69, 9.17) is 9.26 Å². The first-order valence-electron chi connectivity index (χ1n) is 9.22. The van der Waals surface area contributed by atoms with E-state index in [-0.39, 0.29) is 16.3 Å². The number of benzene rings is 2. The van der Waals surface area contributed by atoms with Gasteiger partial charge in [0.2, 0.25) is 21.7 Å². The van der Waals surface area contributed by atoms with E-state index in [1.807, 2.05) is 0 Å². The van der Waals surface area contributed by atoms with Gasteiger partial charge in [0, 0.05) is 37.7 Å². The lowest BCUT2D eigenvalue weighted by Gasteiger charge is -2.18. The molecule has 0 spiro atoms. The highest BCUT2D eigenvalue weighted by Gasteiger charge is 2.31. The van der Waals surface area contributed by atoms with Gasteiger partial charge >= 0.3 is 0 Å². The lowest BCUT2D eigenvalue weighted by atomic mass is 10.2. The molecule has 0 bridgehead atoms. The molecule has 10 nitrogen and oxygen atoms in total. The first kappa shape index (κ1) is 20.0. The highest BCUT2D eigenvalue weighted by atomic mass is 32.2. The van der Waals surface area contributed by atoms with Gasteiger partial charge in [-0.1, -0.05) is 5.16 Å². The van der Waals surface area contributed by atoms with Crippen LogP contribution in [0.25, 0.3) is 11.4 Å². The number of hydrogen-bond donors (Lipinski definition) is 0. The van der Waals surface area contributed by atoms with Gasteiger partial charge in [0.05, 0.1) is 4.92 Å². The fourth-order valence-corrected chi connectivity index (χ4v) is 4.83. The van der Waals surface area contributed by atoms with Gasteiger partial charge in [-0.05, 0) is 43.2 Å². The predicted molar refractivity (Wildman–Crippen MR) is 106 cm³/mol. The number of hydrogen-bond acceptors (Lipinski definition) is 8. The van der Waals surface area contributed by atoms with Gasteiger partial charge < -0.3 is 9.26 Å². The second kappa shape index (κ2) is 7.84. The molecule has 30 heavy (non-hydrogen) atoms. The second-order valence-corrected chi connectivity index (χ2v) is 8.67. The number of nitro benzene ring substituents is 1. The topological polar surface area (TPSA) is 129 Å². The molecule has 1 aromatic heterocycles. The van der Waals surface area contributed by atoms with E-state index in [1.165, 1.54) is 16.4 Å². The van der Waals surface area contributed by atoms with Crippen LogP contribution in [0.15, 0.2) is 51.9 Å². The van der Waals surface area contributed by atoms with Crippen LogP contribution < -0.4 is 4.74 Å². The van der Waals surface area contributed by atoms with Crippen molar-refractivity contribution in [1.82, 2.24) is 14.4 Å². The van der Waals surface area contributed by atoms with Crippen molar-refractivity contribution in [1.29, 1.82) is 0 Å². The Morgan fingerprint density at radius 1 is 1.13 bits per heavy atom. The Labute approximate surface area is 172 Å². The third kappa shape index (κ3) is 3.89. The molecule has 0 atom stereocenters. The molecular formula is C19H18N4O6S. The molecule has 1 aliphatic rings. The number of ether oxygens (including phenoxy) is 1. The minimum absolute atomic E-state index is 0.0238. The highest BCUT2D eigenvalue weighted by Crippen LogP contribution is 2.35. The largest absolute Gasteiger partial charge is 0.456 e. The van der Waals surface area contributed by atoms with Crippen LogP contribution in [-0.2, 0) is 10.0 Å². The third-order valence-corrected chi connectivity index (χ3v) is 6.61. The number of sulfonamides is 1. The number of nitro groups is 1. The molecule has 156 valence electrons. The molecule has 2 heterocycles. The van der Waals surface area contributed by atoms with Crippen LogP contribution in [0, 0.1) is 17.0 Å². The van der Waals surface area contributed by atoms with Crippen molar-refractivity contribution in [3.63, 3.8) is 0 Å². The summed E-state index contributed by atoms with van der Waals surface area (Å²) in [5, 5.41) is 15.0. The fourth-order valence-electron chi connectivity index (χ4n) is 3.18. The van der Waals surface area contributed by atoms with E-state index in [0.717, 1.165) is 18.9 Å². The second-order valence-electron chi connectivity index (χ2n) is 6.76. The first-order valence-corrected chi connectivity index (χ1v) is 10.7. The van der Waals surface area contributed by atoms with Crippen LogP contribution in [0.5, 0.6) is 11.5 Å². The molecule has 11 heteroatoms. The molecule has 4 rings (SSSR count). The first-order chi connectivity index (χ1) is 14.3. The summed E-state index contributed by atoms with van der Waals surface area (Å²) in [5.41, 5.74) is 0.385. The molecule has 1 fully saturated rings. The van der Waals surface area contributed by atoms with Gasteiger partial charge in [-0.25, -0.2) is 8.42 Å². The van der Waals surface area contributed by atoms with Crippen LogP contribution >= 0.6 is 0 Å². The Balaban J connectivity index is 1.67. The number of aromatic nitrogens is 2. The summed E-state index contributed by atoms with van der Waals surface area (Å²) in [6, 6.07) is 10.2. The molecule has 0 N–H and O–H groups in total. The summed E-state index contributed by atoms with van der Waals surface area (Å²) >= 11 is 0. The zero-order valence-electron chi connectivity index (χ0n) is 16.0. The van der Waals surface area contributed by atoms with E-state index in [2.05, 4.69) is 10.1 Å². The SMILES string of the molecule is Cc1nc(-c2ccc(Oc3ccc([N+](=O)[O-])cc3S(=O)(=O)N3CCCC3)cc2)no1. The average molecular weight is 430 g/mol. The number of nitrogens with zero attached hydrogens (tertiary/aromatic N) is 4. The molecule has 0 radical (unpaired) electrons. The van der Waals surface area contributed by atoms with Crippen LogP contribution in [0.4, 0.5) is 5.69 Å². The summed E-state index contributed by atoms with van der Waals surface area (Å²) in [5.74, 6) is 1.25. The van der Waals surface area contributed by atoms with Gasteiger partial charge in [-0.2, -0.15) is 9.29 Å². The number of aryl methyl sites for hydroxylation is 1. The summed E-state index contributed by atoms with van der Waals surface area (Å²) in [6.45, 7) is 2.44. The molecular weight excluding hydrogens is 412 g/mol. The fraction of sp³-hybridized carbons (Fsp3) is 0.263. The Kier molecular flexibility index (Phi) is 5.22. The zero-order chi connectivity index (χ0) is 21.3. The van der Waals surface area contributed by atoms with Crippen LogP contribution in [0.1, 0.15) is 18.7 Å². The summed E-state index contributed by atoms with van der Waals surface area (Å²) < 4.78 is 38.2. The van der Waals surface area contributed by atoms with Crippen molar-refractivity contribution in [2.24, 2.45) is 0 Å². The molecule has 3 aromatic rings. The Bertz CT molecular complexity index is 1180. The van der Waals surface area contributed by atoms with Crippen molar-refractivity contribution in [2.75, 3.05) is 13.1 Å². The van der Waals surface area contributed by atoms with Gasteiger partial charge in [-0.15, -0.1) is 0 Å². The van der Waals surface area contributed by atoms with Gasteiger partial charge in [-0.3, -0.25) is 10.1 Å². The van der Waals surface area contributed by atoms with E-state index in [1.54, 1.807) is 31.2 Å². The number of non-ortho nitro benzene ring substituents is 1. The normalized spacial score (nSPS) is 14.7. The smallest absolute Gasteiger partial charge is 0.271 e. The highest BCUT2D eigenvalue weighted by molar-refractivity contribution is 7.89. The molecule has 2 aromatic carbocycles. The molecule has 0 saturated carbocycles. The molecule has 0 amide bonds. The predicted octanol–water partition coefficient (Wildman–Crippen LogP) is 3.53. The average Bonchev–Trinajstić information content (AvgIpc) is 3.41. The zero-order valence-corrected chi connectivity index (χ0v) is 16.8. The van der Waals surface area contributed by atoms with Gasteiger partial charge in [0.15, 0.2) is 0 Å². The van der Waals surface area contributed by atoms with E-state index < -0.39 is 14.9 Å². The van der Waals surface area contributed by atoms with Crippen LogP contribution in [0.2, 0.25) is 0 Å². The lowest BCUT2D eigenvalue weighted by molar-refractivity contribution is -0.385. The molecule has 1 aliphatic heterocycles. The van der Waals surface area contributed by atoms with Gasteiger partial charge in [0.25, 0.3) is 5.69 Å². The molecule has 0 unspecified atom stereocenters. The summed E-state index contributed by atoms with van der Waals surface area (Å²) in [6.07, 6.45) is 1.50. The quantitative estimate of drug-likeness (QED) is 0.429. The Morgan fingerprint density at radius 2 is 1.83 bits per heavy atom. The summed E-state index contributed by atoms with van der Waals surface area (Å²) in [7, 11) is -3.92. The van der Waals surface area contributed by atoms with Crippen molar-refractivity contribution in [3.8, 4) is 22.9 Å². The van der Waals surface area contributed by atoms with E-state index >= 15 is 0 Å². The van der Waals surface area contributed by atoms with Crippen molar-refractivity contribution >= 4 is 15.7 Å². The minimum Gasteiger partial charge on any atom is -0.456 e. The van der Waals surface area contributed by atoms with Crippen molar-refractivity contribution < 1.29 is 22.6 Å². The summed E-state index contributed by atoms with van der Waals surface area (Å²) in [4.78, 5) is 14.5. The standard InChI is InChI=1S/C19H18N4O6S/c1-13-20-19(21-29-13)14-4-7-16(8-5-14)28-17-9-6-15(23(24)25)12-18(17)30(26,27)22-10-2-3-11-22/h4-9,12H,2-3,10-11H2,1H3. The maximum Gasteiger partial charge on any atom is 0.271 e. The maximum absolute atomic E-state index is 13.1. The van der Waals surface area contributed by atoms with Crippen LogP contribution in [0.3, 0.4) is 0 Å². The molecule has 1 saturated heterocycles.